The zero-order valence-electron chi connectivity index (χ0n) is 15.9. The Kier molecular flexibility index (Phi) is 6.90. The molecule has 28 heavy (non-hydrogen) atoms. The summed E-state index contributed by atoms with van der Waals surface area (Å²) in [6.45, 7) is 3.18. The van der Waals surface area contributed by atoms with E-state index in [0.29, 0.717) is 24.7 Å². The number of ether oxygens (including phenoxy) is 2. The number of amides is 1. The van der Waals surface area contributed by atoms with E-state index in [1.54, 1.807) is 0 Å². The number of benzene rings is 3. The molecule has 5 heteroatoms. The molecule has 0 unspecified atom stereocenters. The third-order valence-electron chi connectivity index (χ3n) is 3.96. The van der Waals surface area contributed by atoms with Crippen LogP contribution in [0.3, 0.4) is 0 Å². The van der Waals surface area contributed by atoms with Crippen molar-refractivity contribution in [2.45, 2.75) is 13.5 Å². The molecular formula is C23H24N2O3. The predicted octanol–water partition coefficient (Wildman–Crippen LogP) is 4.71. The van der Waals surface area contributed by atoms with Crippen LogP contribution in [0, 0.1) is 0 Å². The van der Waals surface area contributed by atoms with Crippen LogP contribution in [0.25, 0.3) is 0 Å². The van der Waals surface area contributed by atoms with Gasteiger partial charge in [-0.25, -0.2) is 0 Å². The second-order valence-electron chi connectivity index (χ2n) is 6.16. The Morgan fingerprint density at radius 2 is 1.50 bits per heavy atom. The van der Waals surface area contributed by atoms with Crippen molar-refractivity contribution in [3.63, 3.8) is 0 Å². The lowest BCUT2D eigenvalue weighted by molar-refractivity contribution is -0.114. The van der Waals surface area contributed by atoms with E-state index in [-0.39, 0.29) is 12.5 Å². The minimum atomic E-state index is -0.137. The van der Waals surface area contributed by atoms with Crippen molar-refractivity contribution in [1.29, 1.82) is 0 Å². The third kappa shape index (κ3) is 6.06. The number of carbonyl (C=O) groups is 1. The molecule has 0 saturated heterocycles. The second-order valence-corrected chi connectivity index (χ2v) is 6.16. The number of carbonyl (C=O) groups excluding carboxylic acids is 1. The topological polar surface area (TPSA) is 59.6 Å². The number of rotatable bonds is 9. The molecule has 2 N–H and O–H groups in total. The summed E-state index contributed by atoms with van der Waals surface area (Å²) in [5, 5.41) is 5.98. The minimum Gasteiger partial charge on any atom is -0.494 e. The Bertz CT molecular complexity index is 897. The van der Waals surface area contributed by atoms with E-state index < -0.39 is 0 Å². The first-order chi connectivity index (χ1) is 13.7. The Morgan fingerprint density at radius 1 is 0.821 bits per heavy atom. The van der Waals surface area contributed by atoms with E-state index in [2.05, 4.69) is 10.6 Å². The van der Waals surface area contributed by atoms with Crippen LogP contribution in [0.5, 0.6) is 11.5 Å². The number of hydrogen-bond acceptors (Lipinski definition) is 4. The fraction of sp³-hybridized carbons (Fsp3) is 0.174. The van der Waals surface area contributed by atoms with Crippen LogP contribution in [0.1, 0.15) is 12.5 Å². The monoisotopic (exact) mass is 376 g/mol. The maximum atomic E-state index is 12.2. The summed E-state index contributed by atoms with van der Waals surface area (Å²) >= 11 is 0. The van der Waals surface area contributed by atoms with Crippen LogP contribution in [-0.2, 0) is 11.4 Å². The highest BCUT2D eigenvalue weighted by atomic mass is 16.5. The van der Waals surface area contributed by atoms with E-state index in [1.807, 2.05) is 85.8 Å². The van der Waals surface area contributed by atoms with Gasteiger partial charge in [-0.05, 0) is 36.8 Å². The van der Waals surface area contributed by atoms with Crippen LogP contribution in [0.4, 0.5) is 11.4 Å². The lowest BCUT2D eigenvalue weighted by Crippen LogP contribution is -2.21. The molecule has 0 aromatic heterocycles. The molecule has 3 rings (SSSR count). The average molecular weight is 376 g/mol. The molecule has 0 aliphatic rings. The Hall–Kier alpha value is -3.47. The molecule has 0 spiro atoms. The molecule has 3 aromatic rings. The highest BCUT2D eigenvalue weighted by Crippen LogP contribution is 2.19. The lowest BCUT2D eigenvalue weighted by Gasteiger charge is -2.11. The van der Waals surface area contributed by atoms with Crippen molar-refractivity contribution < 1.29 is 14.3 Å². The van der Waals surface area contributed by atoms with Gasteiger partial charge in [0.05, 0.1) is 13.2 Å². The molecule has 0 heterocycles. The van der Waals surface area contributed by atoms with Crippen molar-refractivity contribution in [2.24, 2.45) is 0 Å². The van der Waals surface area contributed by atoms with Crippen LogP contribution in [0.2, 0.25) is 0 Å². The van der Waals surface area contributed by atoms with Gasteiger partial charge in [-0.3, -0.25) is 4.79 Å². The Labute approximate surface area is 165 Å². The summed E-state index contributed by atoms with van der Waals surface area (Å²) in [5.74, 6) is 1.34. The van der Waals surface area contributed by atoms with Crippen molar-refractivity contribution >= 4 is 17.3 Å². The molecule has 0 bridgehead atoms. The number of nitrogens with one attached hydrogen (secondary N) is 2. The SMILES string of the molecule is CCOc1cccc(NCC(=O)Nc2cccc(OCc3ccccc3)c2)c1. The van der Waals surface area contributed by atoms with Gasteiger partial charge in [0, 0.05) is 23.5 Å². The molecule has 0 saturated carbocycles. The highest BCUT2D eigenvalue weighted by Gasteiger charge is 2.05. The van der Waals surface area contributed by atoms with Gasteiger partial charge < -0.3 is 20.1 Å². The largest absolute Gasteiger partial charge is 0.494 e. The van der Waals surface area contributed by atoms with Crippen LogP contribution in [-0.4, -0.2) is 19.1 Å². The van der Waals surface area contributed by atoms with Gasteiger partial charge in [0.1, 0.15) is 18.1 Å². The van der Waals surface area contributed by atoms with E-state index in [0.717, 1.165) is 17.0 Å². The normalized spacial score (nSPS) is 10.2. The first kappa shape index (κ1) is 19.3. The molecule has 5 nitrogen and oxygen atoms in total. The van der Waals surface area contributed by atoms with Crippen molar-refractivity contribution in [2.75, 3.05) is 23.8 Å². The highest BCUT2D eigenvalue weighted by molar-refractivity contribution is 5.93. The summed E-state index contributed by atoms with van der Waals surface area (Å²) in [6, 6.07) is 24.9. The lowest BCUT2D eigenvalue weighted by atomic mass is 10.2. The Morgan fingerprint density at radius 3 is 2.25 bits per heavy atom. The van der Waals surface area contributed by atoms with Gasteiger partial charge in [-0.2, -0.15) is 0 Å². The van der Waals surface area contributed by atoms with E-state index >= 15 is 0 Å². The quantitative estimate of drug-likeness (QED) is 0.568. The van der Waals surface area contributed by atoms with Gasteiger partial charge in [0.15, 0.2) is 0 Å². The van der Waals surface area contributed by atoms with Crippen molar-refractivity contribution in [1.82, 2.24) is 0 Å². The molecule has 0 fully saturated rings. The third-order valence-corrected chi connectivity index (χ3v) is 3.96. The first-order valence-corrected chi connectivity index (χ1v) is 9.26. The van der Waals surface area contributed by atoms with E-state index in [1.165, 1.54) is 0 Å². The molecule has 144 valence electrons. The smallest absolute Gasteiger partial charge is 0.243 e. The zero-order chi connectivity index (χ0) is 19.6. The number of anilines is 2. The number of hydrogen-bond donors (Lipinski definition) is 2. The van der Waals surface area contributed by atoms with E-state index in [9.17, 15) is 4.79 Å². The molecule has 0 aliphatic heterocycles. The first-order valence-electron chi connectivity index (χ1n) is 9.26. The molecule has 0 aliphatic carbocycles. The fourth-order valence-electron chi connectivity index (χ4n) is 2.65. The second kappa shape index (κ2) is 10.0. The van der Waals surface area contributed by atoms with E-state index in [4.69, 9.17) is 9.47 Å². The summed E-state index contributed by atoms with van der Waals surface area (Å²) in [4.78, 5) is 12.2. The zero-order valence-corrected chi connectivity index (χ0v) is 15.9. The Balaban J connectivity index is 1.50. The maximum Gasteiger partial charge on any atom is 0.243 e. The summed E-state index contributed by atoms with van der Waals surface area (Å²) in [5.41, 5.74) is 2.62. The molecule has 3 aromatic carbocycles. The molecule has 0 atom stereocenters. The van der Waals surface area contributed by atoms with Gasteiger partial charge in [-0.1, -0.05) is 42.5 Å². The molecule has 0 radical (unpaired) electrons. The summed E-state index contributed by atoms with van der Waals surface area (Å²) < 4.78 is 11.3. The average Bonchev–Trinajstić information content (AvgIpc) is 2.72. The van der Waals surface area contributed by atoms with Crippen LogP contribution < -0.4 is 20.1 Å². The van der Waals surface area contributed by atoms with Crippen LogP contribution in [0.15, 0.2) is 78.9 Å². The molecular weight excluding hydrogens is 352 g/mol. The fourth-order valence-corrected chi connectivity index (χ4v) is 2.65. The minimum absolute atomic E-state index is 0.137. The van der Waals surface area contributed by atoms with Gasteiger partial charge in [0.25, 0.3) is 0 Å². The molecule has 1 amide bonds. The predicted molar refractivity (Wildman–Crippen MR) is 112 cm³/mol. The standard InChI is InChI=1S/C23H24N2O3/c1-2-27-21-12-6-10-19(14-21)24-16-23(26)25-20-11-7-13-22(15-20)28-17-18-8-4-3-5-9-18/h3-15,24H,2,16-17H2,1H3,(H,25,26). The van der Waals surface area contributed by atoms with Crippen molar-refractivity contribution in [3.8, 4) is 11.5 Å². The van der Waals surface area contributed by atoms with Gasteiger partial charge >= 0.3 is 0 Å². The maximum absolute atomic E-state index is 12.2. The van der Waals surface area contributed by atoms with Crippen molar-refractivity contribution in [3.05, 3.63) is 84.4 Å². The van der Waals surface area contributed by atoms with Gasteiger partial charge in [0.2, 0.25) is 5.91 Å². The van der Waals surface area contributed by atoms with Gasteiger partial charge in [-0.15, -0.1) is 0 Å². The summed E-state index contributed by atoms with van der Waals surface area (Å²) in [6.07, 6.45) is 0. The van der Waals surface area contributed by atoms with Crippen LogP contribution >= 0.6 is 0 Å². The summed E-state index contributed by atoms with van der Waals surface area (Å²) in [7, 11) is 0.